The predicted molar refractivity (Wildman–Crippen MR) is 48.8 cm³/mol. The molecule has 2 rings (SSSR count). The van der Waals surface area contributed by atoms with Crippen LogP contribution in [0.25, 0.3) is 0 Å². The summed E-state index contributed by atoms with van der Waals surface area (Å²) in [6.07, 6.45) is -3.39. The van der Waals surface area contributed by atoms with E-state index < -0.39 is 23.8 Å². The molecule has 0 spiro atoms. The van der Waals surface area contributed by atoms with E-state index >= 15 is 0 Å². The lowest BCUT2D eigenvalue weighted by Crippen LogP contribution is -2.08. The number of benzene rings is 1. The molecule has 1 aliphatic rings. The van der Waals surface area contributed by atoms with Gasteiger partial charge < -0.3 is 4.74 Å². The minimum Gasteiger partial charge on any atom is -0.413 e. The number of aliphatic imine (C=N–C) groups is 1. The standard InChI is InChI=1S/C10H6F3NO2/c11-10(12,13)7-3-1-6(2-4-7)8-9(15)16-5-14-8/h1-5,8H. The third-order valence-corrected chi connectivity index (χ3v) is 2.16. The fraction of sp³-hybridized carbons (Fsp3) is 0.200. The van der Waals surface area contributed by atoms with E-state index in [1.165, 1.54) is 12.1 Å². The van der Waals surface area contributed by atoms with Gasteiger partial charge in [-0.15, -0.1) is 0 Å². The minimum absolute atomic E-state index is 0.381. The molecule has 1 aromatic carbocycles. The Morgan fingerprint density at radius 3 is 2.25 bits per heavy atom. The second-order valence-electron chi connectivity index (χ2n) is 3.21. The van der Waals surface area contributed by atoms with Crippen molar-refractivity contribution < 1.29 is 22.7 Å². The van der Waals surface area contributed by atoms with Gasteiger partial charge in [-0.1, -0.05) is 12.1 Å². The molecule has 1 heterocycles. The van der Waals surface area contributed by atoms with Crippen molar-refractivity contribution in [3.05, 3.63) is 35.4 Å². The summed E-state index contributed by atoms with van der Waals surface area (Å²) in [6, 6.07) is 3.42. The Bertz CT molecular complexity index is 436. The highest BCUT2D eigenvalue weighted by molar-refractivity contribution is 5.88. The van der Waals surface area contributed by atoms with E-state index in [4.69, 9.17) is 0 Å². The molecule has 1 atom stereocenters. The molecule has 0 saturated carbocycles. The molecule has 0 N–H and O–H groups in total. The van der Waals surface area contributed by atoms with Crippen LogP contribution in [0.2, 0.25) is 0 Å². The normalized spacial score (nSPS) is 19.9. The first kappa shape index (κ1) is 10.7. The van der Waals surface area contributed by atoms with Gasteiger partial charge in [-0.25, -0.2) is 9.79 Å². The van der Waals surface area contributed by atoms with Crippen LogP contribution < -0.4 is 0 Å². The lowest BCUT2D eigenvalue weighted by Gasteiger charge is -2.08. The SMILES string of the molecule is O=C1OC=NC1c1ccc(C(F)(F)F)cc1. The molecule has 84 valence electrons. The van der Waals surface area contributed by atoms with Crippen molar-refractivity contribution in [3.63, 3.8) is 0 Å². The second-order valence-corrected chi connectivity index (χ2v) is 3.21. The highest BCUT2D eigenvalue weighted by Gasteiger charge is 2.31. The Morgan fingerprint density at radius 1 is 1.19 bits per heavy atom. The van der Waals surface area contributed by atoms with Crippen molar-refractivity contribution in [2.24, 2.45) is 4.99 Å². The van der Waals surface area contributed by atoms with Crippen molar-refractivity contribution >= 4 is 12.4 Å². The molecule has 0 aliphatic carbocycles. The topological polar surface area (TPSA) is 38.7 Å². The zero-order chi connectivity index (χ0) is 11.8. The van der Waals surface area contributed by atoms with Gasteiger partial charge in [0.15, 0.2) is 12.4 Å². The van der Waals surface area contributed by atoms with E-state index in [1.807, 2.05) is 0 Å². The molecular formula is C10H6F3NO2. The monoisotopic (exact) mass is 229 g/mol. The van der Waals surface area contributed by atoms with Gasteiger partial charge in [0.2, 0.25) is 0 Å². The molecule has 0 bridgehead atoms. The molecule has 0 amide bonds. The molecular weight excluding hydrogens is 223 g/mol. The zero-order valence-corrected chi connectivity index (χ0v) is 7.86. The van der Waals surface area contributed by atoms with E-state index in [2.05, 4.69) is 9.73 Å². The maximum atomic E-state index is 12.3. The van der Waals surface area contributed by atoms with Crippen LogP contribution >= 0.6 is 0 Å². The number of hydrogen-bond acceptors (Lipinski definition) is 3. The maximum absolute atomic E-state index is 12.3. The summed E-state index contributed by atoms with van der Waals surface area (Å²) < 4.78 is 41.2. The summed E-state index contributed by atoms with van der Waals surface area (Å²) >= 11 is 0. The maximum Gasteiger partial charge on any atom is 0.416 e. The Balaban J connectivity index is 2.26. The molecule has 0 radical (unpaired) electrons. The van der Waals surface area contributed by atoms with Gasteiger partial charge in [-0.2, -0.15) is 13.2 Å². The van der Waals surface area contributed by atoms with Gasteiger partial charge in [0.05, 0.1) is 5.56 Å². The Morgan fingerprint density at radius 2 is 1.81 bits per heavy atom. The average Bonchev–Trinajstić information content (AvgIpc) is 2.63. The third-order valence-electron chi connectivity index (χ3n) is 2.16. The van der Waals surface area contributed by atoms with E-state index in [-0.39, 0.29) is 0 Å². The summed E-state index contributed by atoms with van der Waals surface area (Å²) in [5.74, 6) is -0.584. The smallest absolute Gasteiger partial charge is 0.413 e. The fourth-order valence-electron chi connectivity index (χ4n) is 1.35. The molecule has 1 unspecified atom stereocenters. The van der Waals surface area contributed by atoms with Crippen molar-refractivity contribution in [2.75, 3.05) is 0 Å². The van der Waals surface area contributed by atoms with E-state index in [0.29, 0.717) is 5.56 Å². The van der Waals surface area contributed by atoms with Gasteiger partial charge in [0.25, 0.3) is 0 Å². The number of hydrogen-bond donors (Lipinski definition) is 0. The molecule has 1 aliphatic heterocycles. The molecule has 0 saturated heterocycles. The summed E-state index contributed by atoms with van der Waals surface area (Å²) in [6.45, 7) is 0. The fourth-order valence-corrected chi connectivity index (χ4v) is 1.35. The Hall–Kier alpha value is -1.85. The van der Waals surface area contributed by atoms with Crippen LogP contribution in [0, 0.1) is 0 Å². The largest absolute Gasteiger partial charge is 0.416 e. The minimum atomic E-state index is -4.38. The first-order valence-electron chi connectivity index (χ1n) is 4.38. The van der Waals surface area contributed by atoms with Crippen LogP contribution in [0.1, 0.15) is 17.2 Å². The van der Waals surface area contributed by atoms with Crippen molar-refractivity contribution in [1.82, 2.24) is 0 Å². The van der Waals surface area contributed by atoms with E-state index in [0.717, 1.165) is 18.5 Å². The van der Waals surface area contributed by atoms with Gasteiger partial charge >= 0.3 is 12.1 Å². The van der Waals surface area contributed by atoms with Gasteiger partial charge in [0, 0.05) is 0 Å². The first-order valence-corrected chi connectivity index (χ1v) is 4.38. The second kappa shape index (κ2) is 3.62. The van der Waals surface area contributed by atoms with Gasteiger partial charge in [-0.05, 0) is 17.7 Å². The van der Waals surface area contributed by atoms with Crippen molar-refractivity contribution in [2.45, 2.75) is 12.2 Å². The van der Waals surface area contributed by atoms with Crippen molar-refractivity contribution in [3.8, 4) is 0 Å². The van der Waals surface area contributed by atoms with Gasteiger partial charge in [-0.3, -0.25) is 0 Å². The molecule has 6 heteroatoms. The summed E-state index contributed by atoms with van der Waals surface area (Å²) in [5, 5.41) is 0. The number of rotatable bonds is 1. The number of cyclic esters (lactones) is 1. The van der Waals surface area contributed by atoms with Gasteiger partial charge in [0.1, 0.15) is 0 Å². The van der Waals surface area contributed by atoms with Crippen LogP contribution in [0.15, 0.2) is 29.3 Å². The lowest BCUT2D eigenvalue weighted by molar-refractivity contribution is -0.137. The number of carbonyl (C=O) groups excluding carboxylic acids is 1. The zero-order valence-electron chi connectivity index (χ0n) is 7.86. The van der Waals surface area contributed by atoms with Crippen LogP contribution in [0.5, 0.6) is 0 Å². The van der Waals surface area contributed by atoms with Crippen molar-refractivity contribution in [1.29, 1.82) is 0 Å². The quantitative estimate of drug-likeness (QED) is 0.693. The van der Waals surface area contributed by atoms with Crippen LogP contribution in [0.4, 0.5) is 13.2 Å². The van der Waals surface area contributed by atoms with E-state index in [1.54, 1.807) is 0 Å². The number of halogens is 3. The lowest BCUT2D eigenvalue weighted by atomic mass is 10.1. The predicted octanol–water partition coefficient (Wildman–Crippen LogP) is 2.33. The molecule has 1 aromatic rings. The summed E-state index contributed by atoms with van der Waals surface area (Å²) in [5.41, 5.74) is -0.377. The average molecular weight is 229 g/mol. The molecule has 0 fully saturated rings. The third kappa shape index (κ3) is 1.91. The Kier molecular flexibility index (Phi) is 2.41. The first-order chi connectivity index (χ1) is 7.48. The van der Waals surface area contributed by atoms with Crippen LogP contribution in [-0.2, 0) is 15.7 Å². The molecule has 16 heavy (non-hydrogen) atoms. The highest BCUT2D eigenvalue weighted by Crippen LogP contribution is 2.31. The molecule has 3 nitrogen and oxygen atoms in total. The number of carbonyl (C=O) groups is 1. The number of esters is 1. The van der Waals surface area contributed by atoms with Crippen LogP contribution in [0.3, 0.4) is 0 Å². The summed E-state index contributed by atoms with van der Waals surface area (Å²) in [7, 11) is 0. The number of nitrogens with zero attached hydrogens (tertiary/aromatic N) is 1. The van der Waals surface area contributed by atoms with E-state index in [9.17, 15) is 18.0 Å². The number of ether oxygens (including phenoxy) is 1. The van der Waals surface area contributed by atoms with Crippen LogP contribution in [-0.4, -0.2) is 12.4 Å². The summed E-state index contributed by atoms with van der Waals surface area (Å²) in [4.78, 5) is 14.8. The number of alkyl halides is 3. The molecule has 0 aromatic heterocycles. The Labute approximate surface area is 88.6 Å². The highest BCUT2D eigenvalue weighted by atomic mass is 19.4.